The lowest BCUT2D eigenvalue weighted by atomic mass is 10.0. The van der Waals surface area contributed by atoms with Crippen LogP contribution >= 0.6 is 11.6 Å². The molecule has 1 aliphatic rings. The van der Waals surface area contributed by atoms with Gasteiger partial charge in [0.1, 0.15) is 6.17 Å². The lowest BCUT2D eigenvalue weighted by molar-refractivity contribution is 0.0926. The summed E-state index contributed by atoms with van der Waals surface area (Å²) in [5.74, 6) is -0.0401. The standard InChI is InChI=1S/C18H20ClN3O/c1-21(2)11-12-22-16-6-4-3-5-15(16)18(23)20-17(22)13-7-9-14(19)10-8-13/h3-10,17H,11-12H2,1-2H3,(H,20,23)/t17-/m1/s1. The molecule has 0 unspecified atom stereocenters. The molecule has 2 aromatic rings. The quantitative estimate of drug-likeness (QED) is 0.936. The number of amides is 1. The van der Waals surface area contributed by atoms with Gasteiger partial charge in [-0.25, -0.2) is 0 Å². The van der Waals surface area contributed by atoms with Crippen LogP contribution in [0.1, 0.15) is 22.1 Å². The third-order valence-corrected chi connectivity index (χ3v) is 4.26. The Morgan fingerprint density at radius 1 is 1.13 bits per heavy atom. The number of para-hydroxylation sites is 1. The molecule has 2 aromatic carbocycles. The van der Waals surface area contributed by atoms with Crippen LogP contribution in [0.3, 0.4) is 0 Å². The zero-order valence-corrected chi connectivity index (χ0v) is 14.0. The predicted octanol–water partition coefficient (Wildman–Crippen LogP) is 3.15. The fraction of sp³-hybridized carbons (Fsp3) is 0.278. The van der Waals surface area contributed by atoms with Crippen molar-refractivity contribution in [2.75, 3.05) is 32.1 Å². The van der Waals surface area contributed by atoms with Crippen LogP contribution in [-0.2, 0) is 0 Å². The van der Waals surface area contributed by atoms with Gasteiger partial charge >= 0.3 is 0 Å². The van der Waals surface area contributed by atoms with E-state index in [1.165, 1.54) is 0 Å². The third kappa shape index (κ3) is 3.33. The van der Waals surface area contributed by atoms with Gasteiger partial charge < -0.3 is 15.1 Å². The van der Waals surface area contributed by atoms with Gasteiger partial charge in [0.05, 0.1) is 11.3 Å². The van der Waals surface area contributed by atoms with Gasteiger partial charge in [0.25, 0.3) is 5.91 Å². The van der Waals surface area contributed by atoms with E-state index in [9.17, 15) is 4.79 Å². The number of halogens is 1. The Hall–Kier alpha value is -2.04. The van der Waals surface area contributed by atoms with Crippen molar-refractivity contribution in [2.45, 2.75) is 6.17 Å². The number of carbonyl (C=O) groups is 1. The number of likely N-dealkylation sites (N-methyl/N-ethyl adjacent to an activating group) is 1. The molecular weight excluding hydrogens is 310 g/mol. The smallest absolute Gasteiger partial charge is 0.255 e. The zero-order valence-electron chi connectivity index (χ0n) is 13.3. The van der Waals surface area contributed by atoms with Crippen molar-refractivity contribution in [3.63, 3.8) is 0 Å². The Bertz CT molecular complexity index is 700. The molecule has 0 saturated carbocycles. The number of benzene rings is 2. The number of nitrogens with zero attached hydrogens (tertiary/aromatic N) is 2. The molecule has 0 radical (unpaired) electrons. The number of rotatable bonds is 4. The van der Waals surface area contributed by atoms with Crippen molar-refractivity contribution in [3.8, 4) is 0 Å². The third-order valence-electron chi connectivity index (χ3n) is 4.01. The van der Waals surface area contributed by atoms with Crippen LogP contribution in [0.5, 0.6) is 0 Å². The second kappa shape index (κ2) is 6.60. The van der Waals surface area contributed by atoms with Crippen LogP contribution in [0.4, 0.5) is 5.69 Å². The molecule has 4 nitrogen and oxygen atoms in total. The van der Waals surface area contributed by atoms with E-state index < -0.39 is 0 Å². The summed E-state index contributed by atoms with van der Waals surface area (Å²) < 4.78 is 0. The minimum atomic E-state index is -0.186. The monoisotopic (exact) mass is 329 g/mol. The van der Waals surface area contributed by atoms with E-state index in [2.05, 4.69) is 15.1 Å². The molecule has 1 heterocycles. The van der Waals surface area contributed by atoms with E-state index in [-0.39, 0.29) is 12.1 Å². The maximum Gasteiger partial charge on any atom is 0.255 e. The lowest BCUT2D eigenvalue weighted by Crippen LogP contribution is -2.48. The van der Waals surface area contributed by atoms with E-state index in [1.807, 2.05) is 62.6 Å². The van der Waals surface area contributed by atoms with Crippen molar-refractivity contribution in [1.29, 1.82) is 0 Å². The number of fused-ring (bicyclic) bond motifs is 1. The van der Waals surface area contributed by atoms with Gasteiger partial charge in [-0.15, -0.1) is 0 Å². The highest BCUT2D eigenvalue weighted by atomic mass is 35.5. The molecule has 23 heavy (non-hydrogen) atoms. The number of hydrogen-bond acceptors (Lipinski definition) is 3. The minimum absolute atomic E-state index is 0.0401. The van der Waals surface area contributed by atoms with Gasteiger partial charge in [-0.3, -0.25) is 4.79 Å². The SMILES string of the molecule is CN(C)CCN1c2ccccc2C(=O)N[C@H]1c1ccc(Cl)cc1. The summed E-state index contributed by atoms with van der Waals surface area (Å²) in [7, 11) is 4.09. The molecule has 1 atom stereocenters. The summed E-state index contributed by atoms with van der Waals surface area (Å²) in [5, 5.41) is 3.80. The second-order valence-electron chi connectivity index (χ2n) is 5.94. The van der Waals surface area contributed by atoms with Crippen molar-refractivity contribution in [3.05, 3.63) is 64.7 Å². The first-order chi connectivity index (χ1) is 11.1. The number of hydrogen-bond donors (Lipinski definition) is 1. The normalized spacial score (nSPS) is 17.1. The molecule has 0 bridgehead atoms. The first-order valence-electron chi connectivity index (χ1n) is 7.63. The van der Waals surface area contributed by atoms with E-state index in [0.717, 1.165) is 29.9 Å². The highest BCUT2D eigenvalue weighted by Gasteiger charge is 2.31. The summed E-state index contributed by atoms with van der Waals surface area (Å²) in [4.78, 5) is 16.8. The first-order valence-corrected chi connectivity index (χ1v) is 8.01. The van der Waals surface area contributed by atoms with Gasteiger partial charge in [0.2, 0.25) is 0 Å². The molecule has 0 saturated heterocycles. The van der Waals surface area contributed by atoms with Crippen LogP contribution in [0.25, 0.3) is 0 Å². The molecule has 5 heteroatoms. The van der Waals surface area contributed by atoms with Crippen LogP contribution < -0.4 is 10.2 Å². The number of carbonyl (C=O) groups excluding carboxylic acids is 1. The van der Waals surface area contributed by atoms with Crippen LogP contribution in [0.2, 0.25) is 5.02 Å². The summed E-state index contributed by atoms with van der Waals surface area (Å²) in [6.45, 7) is 1.71. The van der Waals surface area contributed by atoms with Gasteiger partial charge in [-0.1, -0.05) is 35.9 Å². The first kappa shape index (κ1) is 15.8. The molecule has 1 N–H and O–H groups in total. The molecule has 1 aliphatic heterocycles. The summed E-state index contributed by atoms with van der Waals surface area (Å²) >= 11 is 5.99. The predicted molar refractivity (Wildman–Crippen MR) is 94.0 cm³/mol. The van der Waals surface area contributed by atoms with Crippen molar-refractivity contribution in [1.82, 2.24) is 10.2 Å². The minimum Gasteiger partial charge on any atom is -0.345 e. The molecule has 120 valence electrons. The average Bonchev–Trinajstić information content (AvgIpc) is 2.54. The average molecular weight is 330 g/mol. The molecule has 0 aliphatic carbocycles. The fourth-order valence-corrected chi connectivity index (χ4v) is 2.93. The second-order valence-corrected chi connectivity index (χ2v) is 6.38. The van der Waals surface area contributed by atoms with Crippen molar-refractivity contribution in [2.24, 2.45) is 0 Å². The van der Waals surface area contributed by atoms with Gasteiger partial charge in [0, 0.05) is 18.1 Å². The molecule has 0 spiro atoms. The Morgan fingerprint density at radius 2 is 1.83 bits per heavy atom. The van der Waals surface area contributed by atoms with Crippen LogP contribution in [0, 0.1) is 0 Å². The van der Waals surface area contributed by atoms with Gasteiger partial charge in [0.15, 0.2) is 0 Å². The largest absolute Gasteiger partial charge is 0.345 e. The Balaban J connectivity index is 2.00. The maximum atomic E-state index is 12.4. The summed E-state index contributed by atoms with van der Waals surface area (Å²) in [6.07, 6.45) is -0.186. The Labute approximate surface area is 141 Å². The Morgan fingerprint density at radius 3 is 2.52 bits per heavy atom. The lowest BCUT2D eigenvalue weighted by Gasteiger charge is -2.39. The van der Waals surface area contributed by atoms with E-state index in [4.69, 9.17) is 11.6 Å². The molecule has 0 aromatic heterocycles. The summed E-state index contributed by atoms with van der Waals surface area (Å²) in [6, 6.07) is 15.4. The molecular formula is C18H20ClN3O. The highest BCUT2D eigenvalue weighted by Crippen LogP contribution is 2.33. The molecule has 0 fully saturated rings. The Kier molecular flexibility index (Phi) is 4.55. The molecule has 1 amide bonds. The van der Waals surface area contributed by atoms with Crippen molar-refractivity contribution >= 4 is 23.2 Å². The number of anilines is 1. The summed E-state index contributed by atoms with van der Waals surface area (Å²) in [5.41, 5.74) is 2.71. The topological polar surface area (TPSA) is 35.6 Å². The van der Waals surface area contributed by atoms with Crippen molar-refractivity contribution < 1.29 is 4.79 Å². The number of nitrogens with one attached hydrogen (secondary N) is 1. The van der Waals surface area contributed by atoms with E-state index >= 15 is 0 Å². The fourth-order valence-electron chi connectivity index (χ4n) is 2.80. The van der Waals surface area contributed by atoms with Crippen LogP contribution in [0.15, 0.2) is 48.5 Å². The maximum absolute atomic E-state index is 12.4. The van der Waals surface area contributed by atoms with Crippen LogP contribution in [-0.4, -0.2) is 38.0 Å². The van der Waals surface area contributed by atoms with Gasteiger partial charge in [-0.2, -0.15) is 0 Å². The van der Waals surface area contributed by atoms with Gasteiger partial charge in [-0.05, 0) is 43.9 Å². The zero-order chi connectivity index (χ0) is 16.4. The molecule has 3 rings (SSSR count). The van der Waals surface area contributed by atoms with E-state index in [1.54, 1.807) is 0 Å². The van der Waals surface area contributed by atoms with E-state index in [0.29, 0.717) is 5.02 Å². The highest BCUT2D eigenvalue weighted by molar-refractivity contribution is 6.30.